The van der Waals surface area contributed by atoms with Crippen LogP contribution < -0.4 is 4.74 Å². The van der Waals surface area contributed by atoms with Crippen molar-refractivity contribution in [3.63, 3.8) is 0 Å². The predicted octanol–water partition coefficient (Wildman–Crippen LogP) is 6.51. The summed E-state index contributed by atoms with van der Waals surface area (Å²) in [5.41, 5.74) is 3.07. The van der Waals surface area contributed by atoms with Gasteiger partial charge in [-0.2, -0.15) is 0 Å². The van der Waals surface area contributed by atoms with E-state index in [1.807, 2.05) is 6.92 Å². The highest BCUT2D eigenvalue weighted by Gasteiger charge is 2.38. The van der Waals surface area contributed by atoms with Gasteiger partial charge in [0.2, 0.25) is 0 Å². The molecule has 1 aromatic carbocycles. The molecular weight excluding hydrogens is 323 g/mol. The van der Waals surface area contributed by atoms with Crippen molar-refractivity contribution >= 4 is 0 Å². The molecule has 1 aromatic rings. The molecule has 0 radical (unpaired) electrons. The predicted molar refractivity (Wildman–Crippen MR) is 105 cm³/mol. The molecule has 0 saturated heterocycles. The van der Waals surface area contributed by atoms with E-state index in [0.717, 1.165) is 42.4 Å². The van der Waals surface area contributed by atoms with Gasteiger partial charge < -0.3 is 4.74 Å². The van der Waals surface area contributed by atoms with Crippen LogP contribution >= 0.6 is 0 Å². The van der Waals surface area contributed by atoms with Gasteiger partial charge in [-0.25, -0.2) is 4.39 Å². The molecular formula is C24H33FO. The van der Waals surface area contributed by atoms with E-state index >= 15 is 0 Å². The van der Waals surface area contributed by atoms with Gasteiger partial charge in [0.15, 0.2) is 0 Å². The molecule has 0 aliphatic heterocycles. The topological polar surface area (TPSA) is 9.23 Å². The normalized spacial score (nSPS) is 34.3. The van der Waals surface area contributed by atoms with Crippen molar-refractivity contribution < 1.29 is 9.13 Å². The smallest absolute Gasteiger partial charge is 0.119 e. The molecule has 2 saturated carbocycles. The van der Waals surface area contributed by atoms with Crippen LogP contribution in [0.4, 0.5) is 4.39 Å². The van der Waals surface area contributed by atoms with Crippen molar-refractivity contribution in [2.75, 3.05) is 6.61 Å². The van der Waals surface area contributed by atoms with Gasteiger partial charge in [0, 0.05) is 0 Å². The van der Waals surface area contributed by atoms with Gasteiger partial charge in [-0.15, -0.1) is 0 Å². The Kier molecular flexibility index (Phi) is 5.66. The van der Waals surface area contributed by atoms with Crippen molar-refractivity contribution in [2.24, 2.45) is 29.6 Å². The fourth-order valence-electron chi connectivity index (χ4n) is 6.09. The van der Waals surface area contributed by atoms with Crippen LogP contribution in [0.25, 0.3) is 0 Å². The number of hydrogen-bond donors (Lipinski definition) is 0. The number of ether oxygens (including phenoxy) is 1. The lowest BCUT2D eigenvalue weighted by molar-refractivity contribution is 0.0809. The Bertz CT molecular complexity index is 637. The molecule has 2 heteroatoms. The Morgan fingerprint density at radius 2 is 1.73 bits per heavy atom. The highest BCUT2D eigenvalue weighted by molar-refractivity contribution is 5.37. The molecule has 0 bridgehead atoms. The van der Waals surface area contributed by atoms with E-state index < -0.39 is 0 Å². The zero-order valence-corrected chi connectivity index (χ0v) is 16.1. The highest BCUT2D eigenvalue weighted by atomic mass is 19.1. The lowest BCUT2D eigenvalue weighted by Gasteiger charge is -2.44. The second-order valence-corrected chi connectivity index (χ2v) is 8.85. The van der Waals surface area contributed by atoms with Crippen molar-refractivity contribution in [3.05, 3.63) is 41.7 Å². The van der Waals surface area contributed by atoms with Gasteiger partial charge in [0.05, 0.1) is 12.9 Å². The Morgan fingerprint density at radius 3 is 2.54 bits per heavy atom. The first-order valence-electron chi connectivity index (χ1n) is 10.8. The molecule has 0 spiro atoms. The van der Waals surface area contributed by atoms with E-state index in [0.29, 0.717) is 5.92 Å². The summed E-state index contributed by atoms with van der Waals surface area (Å²) in [5, 5.41) is 0. The Balaban J connectivity index is 1.36. The molecule has 0 N–H and O–H groups in total. The number of hydrogen-bond acceptors (Lipinski definition) is 1. The molecule has 0 amide bonds. The summed E-state index contributed by atoms with van der Waals surface area (Å²) < 4.78 is 18.2. The van der Waals surface area contributed by atoms with Gasteiger partial charge in [-0.1, -0.05) is 12.1 Å². The minimum Gasteiger partial charge on any atom is -0.494 e. The van der Waals surface area contributed by atoms with E-state index in [-0.39, 0.29) is 0 Å². The number of aryl methyl sites for hydroxylation is 1. The van der Waals surface area contributed by atoms with Gasteiger partial charge in [0.1, 0.15) is 5.75 Å². The summed E-state index contributed by atoms with van der Waals surface area (Å²) in [6, 6.07) is 6.74. The first-order chi connectivity index (χ1) is 12.8. The molecule has 5 unspecified atom stereocenters. The summed E-state index contributed by atoms with van der Waals surface area (Å²) in [4.78, 5) is 0. The quantitative estimate of drug-likeness (QED) is 0.598. The minimum atomic E-state index is 0.499. The summed E-state index contributed by atoms with van der Waals surface area (Å²) in [6.07, 6.45) is 14.3. The zero-order chi connectivity index (χ0) is 17.9. The van der Waals surface area contributed by atoms with Crippen LogP contribution in [0, 0.1) is 29.6 Å². The first-order valence-corrected chi connectivity index (χ1v) is 10.8. The number of fused-ring (bicyclic) bond motifs is 2. The van der Waals surface area contributed by atoms with E-state index in [2.05, 4.69) is 18.2 Å². The molecule has 0 heterocycles. The van der Waals surface area contributed by atoms with Crippen molar-refractivity contribution in [2.45, 2.75) is 64.7 Å². The third kappa shape index (κ3) is 3.85. The monoisotopic (exact) mass is 356 g/mol. The largest absolute Gasteiger partial charge is 0.494 e. The van der Waals surface area contributed by atoms with Crippen LogP contribution in [0.5, 0.6) is 5.75 Å². The van der Waals surface area contributed by atoms with Crippen LogP contribution in [-0.2, 0) is 12.8 Å². The third-order valence-electron chi connectivity index (χ3n) is 7.46. The van der Waals surface area contributed by atoms with Crippen molar-refractivity contribution in [1.29, 1.82) is 0 Å². The third-order valence-corrected chi connectivity index (χ3v) is 7.46. The zero-order valence-electron chi connectivity index (χ0n) is 16.1. The average molecular weight is 357 g/mol. The Hall–Kier alpha value is -1.31. The maximum absolute atomic E-state index is 12.5. The van der Waals surface area contributed by atoms with Gasteiger partial charge in [-0.3, -0.25) is 0 Å². The van der Waals surface area contributed by atoms with Crippen molar-refractivity contribution in [3.8, 4) is 5.75 Å². The summed E-state index contributed by atoms with van der Waals surface area (Å²) in [7, 11) is 0. The molecule has 26 heavy (non-hydrogen) atoms. The second-order valence-electron chi connectivity index (χ2n) is 8.85. The second kappa shape index (κ2) is 8.15. The van der Waals surface area contributed by atoms with Crippen LogP contribution in [-0.4, -0.2) is 6.61 Å². The van der Waals surface area contributed by atoms with E-state index in [1.54, 1.807) is 11.6 Å². The molecule has 4 rings (SSSR count). The van der Waals surface area contributed by atoms with Gasteiger partial charge in [0.25, 0.3) is 0 Å². The molecule has 3 aliphatic rings. The highest BCUT2D eigenvalue weighted by Crippen LogP contribution is 2.48. The van der Waals surface area contributed by atoms with Crippen LogP contribution in [0.3, 0.4) is 0 Å². The fourth-order valence-corrected chi connectivity index (χ4v) is 6.09. The molecule has 3 aliphatic carbocycles. The molecule has 142 valence electrons. The average Bonchev–Trinajstić information content (AvgIpc) is 2.68. The van der Waals surface area contributed by atoms with Crippen LogP contribution in [0.2, 0.25) is 0 Å². The van der Waals surface area contributed by atoms with Crippen LogP contribution in [0.15, 0.2) is 30.6 Å². The number of benzene rings is 1. The summed E-state index contributed by atoms with van der Waals surface area (Å²) >= 11 is 0. The number of halogens is 1. The standard InChI is InChI=1S/C24H33FO/c1-2-26-24-10-9-22-15-21(7-8-23(22)16-24)20-6-5-18-13-17(11-12-25)3-4-19(18)14-20/h9-12,16-21H,2-8,13-15H2,1H3/b12-11+. The summed E-state index contributed by atoms with van der Waals surface area (Å²) in [6.45, 7) is 2.79. The Labute approximate surface area is 158 Å². The number of allylic oxidation sites excluding steroid dienone is 1. The van der Waals surface area contributed by atoms with Crippen LogP contribution in [0.1, 0.15) is 63.0 Å². The van der Waals surface area contributed by atoms with E-state index in [4.69, 9.17) is 4.74 Å². The van der Waals surface area contributed by atoms with Gasteiger partial charge >= 0.3 is 0 Å². The maximum atomic E-state index is 12.5. The minimum absolute atomic E-state index is 0.499. The number of rotatable bonds is 4. The Morgan fingerprint density at radius 1 is 0.962 bits per heavy atom. The van der Waals surface area contributed by atoms with Crippen molar-refractivity contribution in [1.82, 2.24) is 0 Å². The lowest BCUT2D eigenvalue weighted by Crippen LogP contribution is -2.34. The maximum Gasteiger partial charge on any atom is 0.119 e. The first kappa shape index (κ1) is 18.1. The fraction of sp³-hybridized carbons (Fsp3) is 0.667. The lowest BCUT2D eigenvalue weighted by atomic mass is 9.61. The summed E-state index contributed by atoms with van der Waals surface area (Å²) in [5.74, 6) is 5.06. The molecule has 5 atom stereocenters. The van der Waals surface area contributed by atoms with Gasteiger partial charge in [-0.05, 0) is 118 Å². The SMILES string of the molecule is CCOc1ccc2c(c1)CCC(C1CCC3CC(/C=C/F)CCC3C1)C2. The van der Waals surface area contributed by atoms with E-state index in [9.17, 15) is 4.39 Å². The molecule has 0 aromatic heterocycles. The molecule has 1 nitrogen and oxygen atoms in total. The van der Waals surface area contributed by atoms with E-state index in [1.165, 1.54) is 63.4 Å². The molecule has 2 fully saturated rings.